The molecule has 34 heavy (non-hydrogen) atoms. The van der Waals surface area contributed by atoms with Gasteiger partial charge in [0, 0.05) is 11.4 Å². The van der Waals surface area contributed by atoms with Crippen molar-refractivity contribution in [2.75, 3.05) is 29.5 Å². The van der Waals surface area contributed by atoms with E-state index in [4.69, 9.17) is 5.73 Å². The Kier molecular flexibility index (Phi) is 7.03. The summed E-state index contributed by atoms with van der Waals surface area (Å²) in [4.78, 5) is 34.2. The molecule has 1 saturated heterocycles. The number of carbonyl (C=O) groups is 2. The van der Waals surface area contributed by atoms with Crippen LogP contribution < -0.4 is 21.7 Å². The molecule has 9 nitrogen and oxygen atoms in total. The van der Waals surface area contributed by atoms with Crippen LogP contribution in [0.4, 0.5) is 30.2 Å². The molecule has 13 heteroatoms. The summed E-state index contributed by atoms with van der Waals surface area (Å²) in [6.07, 6.45) is -2.99. The average molecular weight is 498 g/mol. The van der Waals surface area contributed by atoms with Gasteiger partial charge in [-0.2, -0.15) is 13.2 Å². The summed E-state index contributed by atoms with van der Waals surface area (Å²) in [7, 11) is 1.89. The van der Waals surface area contributed by atoms with Crippen LogP contribution in [0.1, 0.15) is 30.1 Å². The molecule has 0 saturated carbocycles. The fourth-order valence-corrected chi connectivity index (χ4v) is 3.90. The number of nitrogens with zero attached hydrogens (tertiary/aromatic N) is 3. The van der Waals surface area contributed by atoms with Crippen molar-refractivity contribution in [1.82, 2.24) is 14.9 Å². The van der Waals surface area contributed by atoms with Gasteiger partial charge in [0.05, 0.1) is 17.4 Å². The minimum absolute atomic E-state index is 0. The number of aryl methyl sites for hydroxylation is 1. The molecule has 0 aliphatic carbocycles. The second-order valence-electron chi connectivity index (χ2n) is 7.97. The quantitative estimate of drug-likeness (QED) is 0.478. The predicted octanol–water partition coefficient (Wildman–Crippen LogP) is 2.95. The van der Waals surface area contributed by atoms with Gasteiger partial charge in [-0.15, -0.1) is 12.4 Å². The number of nitrogens with two attached hydrogens (primary N) is 1. The molecule has 2 aromatic rings. The number of nitrogens with one attached hydrogen (secondary N) is 3. The average Bonchev–Trinajstić information content (AvgIpc) is 3.32. The predicted molar refractivity (Wildman–Crippen MR) is 123 cm³/mol. The summed E-state index contributed by atoms with van der Waals surface area (Å²) >= 11 is 0. The van der Waals surface area contributed by atoms with Gasteiger partial charge in [-0.1, -0.05) is 0 Å². The summed E-state index contributed by atoms with van der Waals surface area (Å²) in [6, 6.07) is 5.58. The van der Waals surface area contributed by atoms with Crippen molar-refractivity contribution in [2.24, 2.45) is 5.73 Å². The lowest BCUT2D eigenvalue weighted by molar-refractivity contribution is -0.141. The van der Waals surface area contributed by atoms with E-state index in [-0.39, 0.29) is 41.4 Å². The summed E-state index contributed by atoms with van der Waals surface area (Å²) < 4.78 is 39.6. The van der Waals surface area contributed by atoms with Crippen molar-refractivity contribution in [1.29, 1.82) is 0 Å². The summed E-state index contributed by atoms with van der Waals surface area (Å²) in [6.45, 7) is 2.22. The van der Waals surface area contributed by atoms with Crippen molar-refractivity contribution < 1.29 is 22.8 Å². The molecule has 0 radical (unpaired) electrons. The molecule has 0 spiro atoms. The highest BCUT2D eigenvalue weighted by Crippen LogP contribution is 2.36. The van der Waals surface area contributed by atoms with Gasteiger partial charge >= 0.3 is 6.18 Å². The van der Waals surface area contributed by atoms with Gasteiger partial charge in [0.2, 0.25) is 5.91 Å². The van der Waals surface area contributed by atoms with Crippen LogP contribution in [0.2, 0.25) is 0 Å². The molecule has 1 fully saturated rings. The first-order valence-corrected chi connectivity index (χ1v) is 10.2. The molecule has 1 aromatic carbocycles. The van der Waals surface area contributed by atoms with E-state index in [9.17, 15) is 22.8 Å². The standard InChI is InChI=1S/C21H22F3N7O2.ClH/c1-10-8-15(21(22,23)24)30-18(26-10)16(17(25)32)19-28-12-6-5-11(9-13(12)29-19)27-20(33)14-4-3-7-31(14)2;/h5-6,8-9,14,28-29H,3-4,7H2,1-2H3,(H2,25,32)(H,27,33);1H. The Morgan fingerprint density at radius 1 is 1.18 bits per heavy atom. The number of likely N-dealkylation sites (N-methyl/N-ethyl adjacent to an activating group) is 1. The minimum atomic E-state index is -4.71. The Morgan fingerprint density at radius 2 is 1.88 bits per heavy atom. The van der Waals surface area contributed by atoms with Crippen LogP contribution in [-0.2, 0) is 15.8 Å². The summed E-state index contributed by atoms with van der Waals surface area (Å²) in [5, 5.41) is 8.72. The Labute approximate surface area is 199 Å². The molecule has 182 valence electrons. The van der Waals surface area contributed by atoms with E-state index in [0.717, 1.165) is 25.5 Å². The van der Waals surface area contributed by atoms with Crippen LogP contribution in [0, 0.1) is 6.92 Å². The molecule has 1 unspecified atom stereocenters. The number of alkyl halides is 3. The Morgan fingerprint density at radius 3 is 2.50 bits per heavy atom. The molecule has 2 aliphatic rings. The van der Waals surface area contributed by atoms with Crippen LogP contribution >= 0.6 is 12.4 Å². The van der Waals surface area contributed by atoms with E-state index in [2.05, 4.69) is 25.9 Å². The number of hydrogen-bond acceptors (Lipinski definition) is 7. The van der Waals surface area contributed by atoms with Crippen LogP contribution in [0.15, 0.2) is 30.1 Å². The van der Waals surface area contributed by atoms with Gasteiger partial charge < -0.3 is 21.7 Å². The topological polar surface area (TPSA) is 125 Å². The highest BCUT2D eigenvalue weighted by Gasteiger charge is 2.35. The highest BCUT2D eigenvalue weighted by atomic mass is 35.5. The van der Waals surface area contributed by atoms with Crippen molar-refractivity contribution >= 4 is 46.9 Å². The number of fused-ring (bicyclic) bond motifs is 1. The second kappa shape index (κ2) is 9.47. The zero-order chi connectivity index (χ0) is 23.9. The monoisotopic (exact) mass is 497 g/mol. The fourth-order valence-electron chi connectivity index (χ4n) is 3.90. The fraction of sp³-hybridized carbons (Fsp3) is 0.333. The number of benzene rings is 1. The summed E-state index contributed by atoms with van der Waals surface area (Å²) in [5.74, 6) is -1.53. The van der Waals surface area contributed by atoms with Gasteiger partial charge in [-0.25, -0.2) is 9.97 Å². The van der Waals surface area contributed by atoms with Crippen molar-refractivity contribution in [2.45, 2.75) is 32.0 Å². The normalized spacial score (nSPS) is 18.9. The van der Waals surface area contributed by atoms with E-state index in [1.54, 1.807) is 18.2 Å². The van der Waals surface area contributed by atoms with Crippen LogP contribution in [0.3, 0.4) is 0 Å². The number of anilines is 3. The van der Waals surface area contributed by atoms with E-state index in [1.165, 1.54) is 6.92 Å². The number of aromatic nitrogens is 2. The number of likely N-dealkylation sites (tertiary alicyclic amines) is 1. The smallest absolute Gasteiger partial charge is 0.365 e. The van der Waals surface area contributed by atoms with Crippen molar-refractivity contribution in [3.63, 3.8) is 0 Å². The SMILES string of the molecule is Cc1cc(C(F)(F)F)nc(C(C(N)=O)=C2Nc3ccc(NC(=O)C4CCCN4C)cc3N2)n1.Cl. The third-order valence-electron chi connectivity index (χ3n) is 5.49. The summed E-state index contributed by atoms with van der Waals surface area (Å²) in [5.41, 5.74) is 5.58. The number of halogens is 4. The van der Waals surface area contributed by atoms with Crippen LogP contribution in [-0.4, -0.2) is 46.3 Å². The molecule has 1 aromatic heterocycles. The zero-order valence-electron chi connectivity index (χ0n) is 18.3. The minimum Gasteiger partial charge on any atom is -0.365 e. The Balaban J connectivity index is 0.00000324. The number of amides is 2. The van der Waals surface area contributed by atoms with Crippen LogP contribution in [0.25, 0.3) is 5.57 Å². The number of carbonyl (C=O) groups excluding carboxylic acids is 2. The first kappa shape index (κ1) is 25.2. The highest BCUT2D eigenvalue weighted by molar-refractivity contribution is 6.20. The number of hydrogen-bond donors (Lipinski definition) is 4. The first-order chi connectivity index (χ1) is 15.5. The second-order valence-corrected chi connectivity index (χ2v) is 7.97. The molecule has 2 amide bonds. The largest absolute Gasteiger partial charge is 0.433 e. The van der Waals surface area contributed by atoms with Gasteiger partial charge in [-0.05, 0) is 57.6 Å². The molecule has 3 heterocycles. The third-order valence-corrected chi connectivity index (χ3v) is 5.49. The van der Waals surface area contributed by atoms with Gasteiger partial charge in [0.25, 0.3) is 5.91 Å². The lowest BCUT2D eigenvalue weighted by Gasteiger charge is -2.18. The van der Waals surface area contributed by atoms with E-state index in [0.29, 0.717) is 17.1 Å². The molecule has 4 rings (SSSR count). The lowest BCUT2D eigenvalue weighted by Crippen LogP contribution is -2.37. The molecular formula is C21H23ClF3N7O2. The van der Waals surface area contributed by atoms with E-state index in [1.807, 2.05) is 11.9 Å². The third kappa shape index (κ3) is 5.07. The van der Waals surface area contributed by atoms with Crippen LogP contribution in [0.5, 0.6) is 0 Å². The number of rotatable bonds is 4. The van der Waals surface area contributed by atoms with Gasteiger partial charge in [0.1, 0.15) is 17.1 Å². The van der Waals surface area contributed by atoms with Gasteiger partial charge in [0.15, 0.2) is 5.82 Å². The maximum absolute atomic E-state index is 13.2. The maximum Gasteiger partial charge on any atom is 0.433 e. The Bertz CT molecular complexity index is 1170. The molecule has 2 aliphatic heterocycles. The van der Waals surface area contributed by atoms with Crippen molar-refractivity contribution in [3.8, 4) is 0 Å². The Hall–Kier alpha value is -3.38. The maximum atomic E-state index is 13.2. The van der Waals surface area contributed by atoms with Gasteiger partial charge in [-0.3, -0.25) is 14.5 Å². The molecule has 5 N–H and O–H groups in total. The molecule has 0 bridgehead atoms. The molecular weight excluding hydrogens is 475 g/mol. The van der Waals surface area contributed by atoms with E-state index >= 15 is 0 Å². The molecule has 1 atom stereocenters. The zero-order valence-corrected chi connectivity index (χ0v) is 19.1. The first-order valence-electron chi connectivity index (χ1n) is 10.2. The van der Waals surface area contributed by atoms with E-state index < -0.39 is 23.6 Å². The van der Waals surface area contributed by atoms with Crippen molar-refractivity contribution in [3.05, 3.63) is 47.3 Å². The lowest BCUT2D eigenvalue weighted by atomic mass is 10.2. The number of primary amides is 1.